The van der Waals surface area contributed by atoms with Crippen molar-refractivity contribution in [3.63, 3.8) is 0 Å². The van der Waals surface area contributed by atoms with Gasteiger partial charge in [0.2, 0.25) is 5.91 Å². The molecule has 0 aromatic carbocycles. The van der Waals surface area contributed by atoms with E-state index in [9.17, 15) is 14.7 Å². The molecule has 37 heavy (non-hydrogen) atoms. The smallest absolute Gasteiger partial charge is 0.348 e. The second-order valence-electron chi connectivity index (χ2n) is 11.8. The van der Waals surface area contributed by atoms with E-state index in [0.29, 0.717) is 11.6 Å². The van der Waals surface area contributed by atoms with E-state index in [1.165, 1.54) is 11.3 Å². The van der Waals surface area contributed by atoms with Crippen LogP contribution in [0, 0.1) is 11.8 Å². The SMILES string of the molecule is CC1CCC(C(=O)N(c2cc(C(C)(C)C)sc2C(=O)O)[C@H]2CC[C@@H](NN(C)c3cnccn3)CC2)CC1. The number of hydrogen-bond acceptors (Lipinski definition) is 7. The topological polar surface area (TPSA) is 98.7 Å². The van der Waals surface area contributed by atoms with Gasteiger partial charge in [0.15, 0.2) is 5.82 Å². The predicted molar refractivity (Wildman–Crippen MR) is 148 cm³/mol. The summed E-state index contributed by atoms with van der Waals surface area (Å²) in [6.07, 6.45) is 12.3. The molecule has 202 valence electrons. The number of aromatic nitrogens is 2. The van der Waals surface area contributed by atoms with E-state index in [1.807, 2.05) is 23.0 Å². The Morgan fingerprint density at radius 3 is 2.30 bits per heavy atom. The van der Waals surface area contributed by atoms with E-state index in [0.717, 1.165) is 62.1 Å². The number of nitrogens with one attached hydrogen (secondary N) is 1. The molecule has 2 aliphatic rings. The predicted octanol–water partition coefficient (Wildman–Crippen LogP) is 5.65. The van der Waals surface area contributed by atoms with Gasteiger partial charge in [0.1, 0.15) is 4.88 Å². The van der Waals surface area contributed by atoms with Gasteiger partial charge < -0.3 is 10.0 Å². The summed E-state index contributed by atoms with van der Waals surface area (Å²) in [5, 5.41) is 12.0. The Morgan fingerprint density at radius 1 is 1.05 bits per heavy atom. The molecule has 1 amide bonds. The van der Waals surface area contributed by atoms with Crippen molar-refractivity contribution in [2.45, 2.75) is 96.6 Å². The summed E-state index contributed by atoms with van der Waals surface area (Å²) in [6, 6.07) is 2.22. The van der Waals surface area contributed by atoms with Gasteiger partial charge in [0.25, 0.3) is 0 Å². The van der Waals surface area contributed by atoms with Crippen LogP contribution in [0.15, 0.2) is 24.7 Å². The van der Waals surface area contributed by atoms with E-state index in [4.69, 9.17) is 0 Å². The Bertz CT molecular complexity index is 1070. The van der Waals surface area contributed by atoms with Gasteiger partial charge in [0, 0.05) is 42.3 Å². The summed E-state index contributed by atoms with van der Waals surface area (Å²) < 4.78 is 0. The van der Waals surface area contributed by atoms with E-state index in [1.54, 1.807) is 18.6 Å². The standard InChI is InChI=1S/C28H41N5O3S/c1-18-6-8-19(9-7-18)26(34)33(22-16-23(28(2,3)4)37-25(22)27(35)36)21-12-10-20(11-13-21)31-32(5)24-17-29-14-15-30-24/h14-21,31H,6-13H2,1-5H3,(H,35,36)/t18?,19?,20-,21+. The zero-order chi connectivity index (χ0) is 26.7. The molecular formula is C28H41N5O3S. The van der Waals surface area contributed by atoms with Crippen LogP contribution in [0.25, 0.3) is 0 Å². The minimum Gasteiger partial charge on any atom is -0.477 e. The molecule has 9 heteroatoms. The van der Waals surface area contributed by atoms with Gasteiger partial charge in [-0.1, -0.05) is 27.7 Å². The van der Waals surface area contributed by atoms with Crippen LogP contribution < -0.4 is 15.3 Å². The summed E-state index contributed by atoms with van der Waals surface area (Å²) in [7, 11) is 1.94. The summed E-state index contributed by atoms with van der Waals surface area (Å²) in [4.78, 5) is 38.1. The van der Waals surface area contributed by atoms with Crippen LogP contribution >= 0.6 is 11.3 Å². The average Bonchev–Trinajstić information content (AvgIpc) is 3.32. The molecule has 0 unspecified atom stereocenters. The fourth-order valence-electron chi connectivity index (χ4n) is 5.55. The van der Waals surface area contributed by atoms with Crippen LogP contribution in [0.2, 0.25) is 0 Å². The van der Waals surface area contributed by atoms with Crippen molar-refractivity contribution in [3.8, 4) is 0 Å². The zero-order valence-electron chi connectivity index (χ0n) is 22.7. The molecule has 0 saturated heterocycles. The highest BCUT2D eigenvalue weighted by atomic mass is 32.1. The molecule has 2 aromatic heterocycles. The number of aromatic carboxylic acids is 1. The molecule has 2 fully saturated rings. The van der Waals surface area contributed by atoms with Gasteiger partial charge in [-0.25, -0.2) is 15.2 Å². The van der Waals surface area contributed by atoms with Crippen molar-refractivity contribution < 1.29 is 14.7 Å². The van der Waals surface area contributed by atoms with Crippen LogP contribution in [0.3, 0.4) is 0 Å². The number of anilines is 2. The number of amides is 1. The van der Waals surface area contributed by atoms with Crippen LogP contribution in [0.5, 0.6) is 0 Å². The monoisotopic (exact) mass is 527 g/mol. The molecule has 2 aromatic rings. The van der Waals surface area contributed by atoms with E-state index in [-0.39, 0.29) is 34.2 Å². The normalized spacial score (nSPS) is 24.5. The van der Waals surface area contributed by atoms with E-state index < -0.39 is 5.97 Å². The van der Waals surface area contributed by atoms with Gasteiger partial charge >= 0.3 is 5.97 Å². The van der Waals surface area contributed by atoms with Gasteiger partial charge in [0.05, 0.1) is 11.9 Å². The number of nitrogens with zero attached hydrogens (tertiary/aromatic N) is 4. The molecule has 2 saturated carbocycles. The maximum absolute atomic E-state index is 14.1. The number of carbonyl (C=O) groups is 2. The third-order valence-electron chi connectivity index (χ3n) is 7.84. The Kier molecular flexibility index (Phi) is 8.53. The van der Waals surface area contributed by atoms with Crippen molar-refractivity contribution in [2.24, 2.45) is 11.8 Å². The first-order valence-electron chi connectivity index (χ1n) is 13.5. The maximum atomic E-state index is 14.1. The van der Waals surface area contributed by atoms with Crippen LogP contribution in [0.4, 0.5) is 11.5 Å². The lowest BCUT2D eigenvalue weighted by Gasteiger charge is -2.40. The Labute approximate surface area is 224 Å². The van der Waals surface area contributed by atoms with Gasteiger partial charge in [-0.3, -0.25) is 14.8 Å². The highest BCUT2D eigenvalue weighted by Crippen LogP contribution is 2.41. The average molecular weight is 528 g/mol. The number of hydrogen-bond donors (Lipinski definition) is 2. The summed E-state index contributed by atoms with van der Waals surface area (Å²) in [5.74, 6) is 0.530. The van der Waals surface area contributed by atoms with E-state index in [2.05, 4.69) is 43.1 Å². The number of carboxylic acid groups (broad SMARTS) is 1. The molecule has 2 N–H and O–H groups in total. The zero-order valence-corrected chi connectivity index (χ0v) is 23.6. The lowest BCUT2D eigenvalue weighted by atomic mass is 9.81. The van der Waals surface area contributed by atoms with Gasteiger partial charge in [-0.05, 0) is 68.8 Å². The third kappa shape index (κ3) is 6.49. The first kappa shape index (κ1) is 27.5. The molecule has 0 radical (unpaired) electrons. The second kappa shape index (κ2) is 11.5. The highest BCUT2D eigenvalue weighted by molar-refractivity contribution is 7.14. The molecule has 0 atom stereocenters. The van der Waals surface area contributed by atoms with Crippen LogP contribution in [-0.2, 0) is 10.2 Å². The third-order valence-corrected chi connectivity index (χ3v) is 9.38. The molecule has 2 aliphatic carbocycles. The molecule has 2 heterocycles. The number of rotatable bonds is 7. The number of carbonyl (C=O) groups excluding carboxylic acids is 1. The molecular weight excluding hydrogens is 486 g/mol. The van der Waals surface area contributed by atoms with Crippen molar-refractivity contribution in [3.05, 3.63) is 34.4 Å². The Hall–Kier alpha value is -2.52. The van der Waals surface area contributed by atoms with E-state index >= 15 is 0 Å². The number of hydrazine groups is 1. The first-order valence-corrected chi connectivity index (χ1v) is 14.3. The largest absolute Gasteiger partial charge is 0.477 e. The Balaban J connectivity index is 1.56. The minimum absolute atomic E-state index is 0.00718. The molecule has 0 bridgehead atoms. The molecule has 8 nitrogen and oxygen atoms in total. The van der Waals surface area contributed by atoms with Crippen LogP contribution in [0.1, 0.15) is 93.6 Å². The number of thiophene rings is 1. The van der Waals surface area contributed by atoms with Gasteiger partial charge in [-0.2, -0.15) is 0 Å². The fraction of sp³-hybridized carbons (Fsp3) is 0.643. The quantitative estimate of drug-likeness (QED) is 0.449. The van der Waals surface area contributed by atoms with Crippen molar-refractivity contribution in [1.82, 2.24) is 15.4 Å². The van der Waals surface area contributed by atoms with Crippen molar-refractivity contribution in [2.75, 3.05) is 17.0 Å². The van der Waals surface area contributed by atoms with Crippen molar-refractivity contribution >= 4 is 34.7 Å². The molecule has 0 spiro atoms. The fourth-order valence-corrected chi connectivity index (χ4v) is 6.60. The van der Waals surface area contributed by atoms with Crippen LogP contribution in [-0.4, -0.2) is 46.1 Å². The maximum Gasteiger partial charge on any atom is 0.348 e. The summed E-state index contributed by atoms with van der Waals surface area (Å²) >= 11 is 1.31. The second-order valence-corrected chi connectivity index (χ2v) is 12.9. The molecule has 4 rings (SSSR count). The van der Waals surface area contributed by atoms with Gasteiger partial charge in [-0.15, -0.1) is 11.3 Å². The lowest BCUT2D eigenvalue weighted by molar-refractivity contribution is -0.124. The highest BCUT2D eigenvalue weighted by Gasteiger charge is 2.38. The lowest BCUT2D eigenvalue weighted by Crippen LogP contribution is -2.50. The molecule has 0 aliphatic heterocycles. The van der Waals surface area contributed by atoms with Crippen molar-refractivity contribution in [1.29, 1.82) is 0 Å². The Morgan fingerprint density at radius 2 is 1.73 bits per heavy atom. The number of carboxylic acids is 1. The summed E-state index contributed by atoms with van der Waals surface area (Å²) in [6.45, 7) is 8.52. The summed E-state index contributed by atoms with van der Waals surface area (Å²) in [5.41, 5.74) is 3.93. The minimum atomic E-state index is -0.952. The first-order chi connectivity index (χ1) is 17.5.